The number of nitrogens with two attached hydrogens (primary N) is 1. The van der Waals surface area contributed by atoms with Crippen LogP contribution in [0.25, 0.3) is 0 Å². The Hall–Kier alpha value is 0.0900. The molecule has 2 unspecified atom stereocenters. The number of hydrogen-bond acceptors (Lipinski definition) is 3. The molecular formula is C12H16Br2N2OS. The average molecular weight is 396 g/mol. The minimum absolute atomic E-state index is 0.0887. The molecule has 1 aromatic rings. The van der Waals surface area contributed by atoms with Crippen molar-refractivity contribution in [1.29, 1.82) is 0 Å². The van der Waals surface area contributed by atoms with Crippen molar-refractivity contribution in [3.8, 4) is 0 Å². The Morgan fingerprint density at radius 1 is 1.61 bits per heavy atom. The fourth-order valence-corrected chi connectivity index (χ4v) is 5.28. The number of piperidine rings is 1. The summed E-state index contributed by atoms with van der Waals surface area (Å²) < 4.78 is 1.85. The smallest absolute Gasteiger partial charge is 0.256 e. The summed E-state index contributed by atoms with van der Waals surface area (Å²) in [7, 11) is 0. The molecule has 0 radical (unpaired) electrons. The van der Waals surface area contributed by atoms with E-state index in [0.717, 1.165) is 32.5 Å². The minimum atomic E-state index is 0.0887. The molecule has 100 valence electrons. The zero-order chi connectivity index (χ0) is 13.3. The molecule has 1 saturated heterocycles. The molecule has 2 rings (SSSR count). The van der Waals surface area contributed by atoms with Gasteiger partial charge in [-0.25, -0.2) is 0 Å². The molecular weight excluding hydrogens is 380 g/mol. The molecule has 1 aliphatic rings. The Balaban J connectivity index is 2.24. The van der Waals surface area contributed by atoms with E-state index < -0.39 is 0 Å². The van der Waals surface area contributed by atoms with E-state index in [-0.39, 0.29) is 11.9 Å². The molecule has 0 aliphatic carbocycles. The van der Waals surface area contributed by atoms with Gasteiger partial charge in [0.2, 0.25) is 0 Å². The van der Waals surface area contributed by atoms with Gasteiger partial charge in [-0.3, -0.25) is 4.79 Å². The predicted octanol–water partition coefficient (Wildman–Crippen LogP) is 3.47. The lowest BCUT2D eigenvalue weighted by molar-refractivity contribution is 0.0532. The average Bonchev–Trinajstić information content (AvgIpc) is 2.67. The van der Waals surface area contributed by atoms with Crippen LogP contribution >= 0.6 is 43.2 Å². The molecule has 0 aromatic carbocycles. The zero-order valence-electron chi connectivity index (χ0n) is 10.2. The lowest BCUT2D eigenvalue weighted by Crippen LogP contribution is -2.51. The highest BCUT2D eigenvalue weighted by atomic mass is 79.9. The Morgan fingerprint density at radius 2 is 2.33 bits per heavy atom. The highest BCUT2D eigenvalue weighted by Gasteiger charge is 2.32. The van der Waals surface area contributed by atoms with E-state index >= 15 is 0 Å². The number of halogens is 2. The third-order valence-electron chi connectivity index (χ3n) is 3.51. The standard InChI is InChI=1S/C12H16Br2N2OS/c1-7-3-2-4-16(9(7)6-15)12(17)8-5-10(13)18-11(8)14/h5,7,9H,2-4,6,15H2,1H3. The fraction of sp³-hybridized carbons (Fsp3) is 0.583. The molecule has 6 heteroatoms. The Bertz CT molecular complexity index is 449. The van der Waals surface area contributed by atoms with Crippen molar-refractivity contribution in [1.82, 2.24) is 4.90 Å². The van der Waals surface area contributed by atoms with Gasteiger partial charge in [-0.15, -0.1) is 11.3 Å². The molecule has 18 heavy (non-hydrogen) atoms. The van der Waals surface area contributed by atoms with Gasteiger partial charge in [0.05, 0.1) is 13.1 Å². The van der Waals surface area contributed by atoms with Crippen LogP contribution < -0.4 is 5.73 Å². The maximum Gasteiger partial charge on any atom is 0.256 e. The van der Waals surface area contributed by atoms with Gasteiger partial charge >= 0.3 is 0 Å². The number of nitrogens with zero attached hydrogens (tertiary/aromatic N) is 1. The maximum atomic E-state index is 12.6. The van der Waals surface area contributed by atoms with E-state index in [9.17, 15) is 4.79 Å². The number of hydrogen-bond donors (Lipinski definition) is 1. The third-order valence-corrected chi connectivity index (χ3v) is 5.84. The summed E-state index contributed by atoms with van der Waals surface area (Å²) in [5.74, 6) is 0.569. The van der Waals surface area contributed by atoms with E-state index in [1.165, 1.54) is 11.3 Å². The Kier molecular flexibility index (Phi) is 4.86. The molecule has 0 spiro atoms. The van der Waals surface area contributed by atoms with Crippen molar-refractivity contribution in [3.63, 3.8) is 0 Å². The summed E-state index contributed by atoms with van der Waals surface area (Å²) in [5.41, 5.74) is 6.57. The van der Waals surface area contributed by atoms with E-state index in [4.69, 9.17) is 5.73 Å². The van der Waals surface area contributed by atoms with E-state index in [1.807, 2.05) is 11.0 Å². The van der Waals surface area contributed by atoms with E-state index in [0.29, 0.717) is 12.5 Å². The van der Waals surface area contributed by atoms with Gasteiger partial charge in [-0.05, 0) is 56.7 Å². The summed E-state index contributed by atoms with van der Waals surface area (Å²) >= 11 is 8.39. The quantitative estimate of drug-likeness (QED) is 0.833. The van der Waals surface area contributed by atoms with Crippen molar-refractivity contribution in [2.75, 3.05) is 13.1 Å². The predicted molar refractivity (Wildman–Crippen MR) is 82.0 cm³/mol. The number of amides is 1. The topological polar surface area (TPSA) is 46.3 Å². The largest absolute Gasteiger partial charge is 0.334 e. The third kappa shape index (κ3) is 2.81. The van der Waals surface area contributed by atoms with Crippen LogP contribution in [0.3, 0.4) is 0 Å². The van der Waals surface area contributed by atoms with Crippen LogP contribution in [-0.2, 0) is 0 Å². The number of rotatable bonds is 2. The van der Waals surface area contributed by atoms with Gasteiger partial charge < -0.3 is 10.6 Å². The summed E-state index contributed by atoms with van der Waals surface area (Å²) in [6.45, 7) is 3.52. The van der Waals surface area contributed by atoms with Crippen molar-refractivity contribution in [2.24, 2.45) is 11.7 Å². The Morgan fingerprint density at radius 3 is 2.89 bits per heavy atom. The normalized spacial score (nSPS) is 24.3. The molecule has 2 heterocycles. The van der Waals surface area contributed by atoms with Crippen LogP contribution in [0.4, 0.5) is 0 Å². The number of carbonyl (C=O) groups excluding carboxylic acids is 1. The van der Waals surface area contributed by atoms with Crippen molar-refractivity contribution >= 4 is 49.1 Å². The minimum Gasteiger partial charge on any atom is -0.334 e. The first-order valence-electron chi connectivity index (χ1n) is 6.00. The number of carbonyl (C=O) groups is 1. The second-order valence-corrected chi connectivity index (χ2v) is 8.41. The molecule has 2 atom stereocenters. The molecule has 1 aliphatic heterocycles. The van der Waals surface area contributed by atoms with Gasteiger partial charge in [-0.1, -0.05) is 6.92 Å². The SMILES string of the molecule is CC1CCCN(C(=O)c2cc(Br)sc2Br)C1CN. The first-order chi connectivity index (χ1) is 8.54. The van der Waals surface area contributed by atoms with Gasteiger partial charge in [0.1, 0.15) is 0 Å². The fourth-order valence-electron chi connectivity index (χ4n) is 2.50. The molecule has 0 saturated carbocycles. The summed E-state index contributed by atoms with van der Waals surface area (Å²) in [6.07, 6.45) is 2.21. The number of likely N-dealkylation sites (tertiary alicyclic amines) is 1. The van der Waals surface area contributed by atoms with Crippen molar-refractivity contribution < 1.29 is 4.79 Å². The second-order valence-electron chi connectivity index (χ2n) is 4.66. The lowest BCUT2D eigenvalue weighted by atomic mass is 9.90. The molecule has 2 N–H and O–H groups in total. The van der Waals surface area contributed by atoms with Crippen LogP contribution in [0.1, 0.15) is 30.1 Å². The Labute approximate surface area is 128 Å². The number of thiophene rings is 1. The monoisotopic (exact) mass is 394 g/mol. The van der Waals surface area contributed by atoms with E-state index in [2.05, 4.69) is 38.8 Å². The van der Waals surface area contributed by atoms with Crippen LogP contribution in [-0.4, -0.2) is 29.9 Å². The van der Waals surface area contributed by atoms with Gasteiger partial charge in [0.15, 0.2) is 0 Å². The van der Waals surface area contributed by atoms with Gasteiger partial charge in [-0.2, -0.15) is 0 Å². The van der Waals surface area contributed by atoms with Crippen LogP contribution in [0.5, 0.6) is 0 Å². The van der Waals surface area contributed by atoms with Crippen LogP contribution in [0, 0.1) is 5.92 Å². The lowest BCUT2D eigenvalue weighted by Gasteiger charge is -2.39. The van der Waals surface area contributed by atoms with Crippen LogP contribution in [0.15, 0.2) is 13.6 Å². The first-order valence-corrected chi connectivity index (χ1v) is 8.40. The first kappa shape index (κ1) is 14.5. The molecule has 1 amide bonds. The van der Waals surface area contributed by atoms with E-state index in [1.54, 1.807) is 0 Å². The molecule has 0 bridgehead atoms. The highest BCUT2D eigenvalue weighted by molar-refractivity contribution is 9.12. The highest BCUT2D eigenvalue weighted by Crippen LogP contribution is 2.34. The summed E-state index contributed by atoms with van der Waals surface area (Å²) in [5, 5.41) is 0. The molecule has 1 fully saturated rings. The summed E-state index contributed by atoms with van der Waals surface area (Å²) in [6, 6.07) is 2.04. The molecule has 3 nitrogen and oxygen atoms in total. The second kappa shape index (κ2) is 6.03. The van der Waals surface area contributed by atoms with Gasteiger partial charge in [0, 0.05) is 19.1 Å². The summed E-state index contributed by atoms with van der Waals surface area (Å²) in [4.78, 5) is 14.5. The van der Waals surface area contributed by atoms with Crippen molar-refractivity contribution in [3.05, 3.63) is 19.2 Å². The maximum absolute atomic E-state index is 12.6. The van der Waals surface area contributed by atoms with Gasteiger partial charge in [0.25, 0.3) is 5.91 Å². The zero-order valence-corrected chi connectivity index (χ0v) is 14.1. The molecule has 1 aromatic heterocycles. The van der Waals surface area contributed by atoms with Crippen LogP contribution in [0.2, 0.25) is 0 Å². The van der Waals surface area contributed by atoms with Crippen molar-refractivity contribution in [2.45, 2.75) is 25.8 Å².